The smallest absolute Gasteiger partial charge is 0.264 e. The van der Waals surface area contributed by atoms with Crippen molar-refractivity contribution < 1.29 is 17.9 Å². The van der Waals surface area contributed by atoms with E-state index in [9.17, 15) is 13.2 Å². The van der Waals surface area contributed by atoms with Crippen molar-refractivity contribution in [1.29, 1.82) is 0 Å². The van der Waals surface area contributed by atoms with Crippen molar-refractivity contribution in [2.75, 3.05) is 18.0 Å². The summed E-state index contributed by atoms with van der Waals surface area (Å²) >= 11 is 6.14. The maximum Gasteiger partial charge on any atom is 0.264 e. The average molecular weight is 501 g/mol. The highest BCUT2D eigenvalue weighted by atomic mass is 35.5. The van der Waals surface area contributed by atoms with Crippen LogP contribution in [0, 0.1) is 5.92 Å². The molecule has 0 radical (unpaired) electrons. The lowest BCUT2D eigenvalue weighted by atomic mass is 9.97. The molecule has 0 heterocycles. The van der Waals surface area contributed by atoms with E-state index in [1.54, 1.807) is 30.3 Å². The molecule has 0 saturated carbocycles. The molecule has 0 aliphatic heterocycles. The molecule has 0 aliphatic rings. The minimum absolute atomic E-state index is 0.0443. The largest absolute Gasteiger partial charge is 0.497 e. The van der Waals surface area contributed by atoms with Crippen LogP contribution in [0.3, 0.4) is 0 Å². The van der Waals surface area contributed by atoms with Gasteiger partial charge in [0.15, 0.2) is 0 Å². The van der Waals surface area contributed by atoms with Crippen LogP contribution in [0.5, 0.6) is 5.75 Å². The number of nitrogens with zero attached hydrogens (tertiary/aromatic N) is 1. The van der Waals surface area contributed by atoms with E-state index in [1.807, 2.05) is 30.3 Å². The van der Waals surface area contributed by atoms with Gasteiger partial charge in [-0.15, -0.1) is 0 Å². The van der Waals surface area contributed by atoms with Crippen LogP contribution in [-0.4, -0.2) is 28.0 Å². The van der Waals surface area contributed by atoms with Crippen LogP contribution in [-0.2, 0) is 14.8 Å². The topological polar surface area (TPSA) is 75.7 Å². The van der Waals surface area contributed by atoms with E-state index in [1.165, 1.54) is 25.3 Å². The Morgan fingerprint density at radius 1 is 1.00 bits per heavy atom. The van der Waals surface area contributed by atoms with E-state index in [-0.39, 0.29) is 10.9 Å². The highest BCUT2D eigenvalue weighted by molar-refractivity contribution is 7.92. The molecule has 0 saturated heterocycles. The van der Waals surface area contributed by atoms with Gasteiger partial charge in [0.05, 0.1) is 23.7 Å². The first-order valence-electron chi connectivity index (χ1n) is 11.0. The molecule has 3 aromatic carbocycles. The second-order valence-electron chi connectivity index (χ2n) is 8.33. The Kier molecular flexibility index (Phi) is 8.58. The summed E-state index contributed by atoms with van der Waals surface area (Å²) in [5.41, 5.74) is 1.27. The number of carbonyl (C=O) groups is 1. The molecule has 6 nitrogen and oxygen atoms in total. The molecule has 0 aromatic heterocycles. The van der Waals surface area contributed by atoms with Gasteiger partial charge >= 0.3 is 0 Å². The van der Waals surface area contributed by atoms with Crippen molar-refractivity contribution in [3.63, 3.8) is 0 Å². The third-order valence-electron chi connectivity index (χ3n) is 5.28. The van der Waals surface area contributed by atoms with Crippen molar-refractivity contribution in [1.82, 2.24) is 5.32 Å². The maximum absolute atomic E-state index is 13.6. The molecule has 1 unspecified atom stereocenters. The zero-order chi connectivity index (χ0) is 24.7. The first kappa shape index (κ1) is 25.6. The number of ether oxygens (including phenoxy) is 1. The molecule has 1 N–H and O–H groups in total. The van der Waals surface area contributed by atoms with Gasteiger partial charge in [0.25, 0.3) is 10.0 Å². The van der Waals surface area contributed by atoms with Gasteiger partial charge in [-0.1, -0.05) is 61.8 Å². The Labute approximate surface area is 206 Å². The van der Waals surface area contributed by atoms with Gasteiger partial charge in [-0.2, -0.15) is 0 Å². The number of sulfonamides is 1. The number of carbonyl (C=O) groups excluding carboxylic acids is 1. The maximum atomic E-state index is 13.6. The number of halogens is 1. The Morgan fingerprint density at radius 3 is 2.26 bits per heavy atom. The molecule has 34 heavy (non-hydrogen) atoms. The summed E-state index contributed by atoms with van der Waals surface area (Å²) in [4.78, 5) is 13.2. The lowest BCUT2D eigenvalue weighted by Gasteiger charge is -2.26. The molecule has 0 bridgehead atoms. The van der Waals surface area contributed by atoms with Crippen LogP contribution >= 0.6 is 11.6 Å². The Hall–Kier alpha value is -3.03. The van der Waals surface area contributed by atoms with Crippen LogP contribution in [0.15, 0.2) is 83.8 Å². The van der Waals surface area contributed by atoms with Gasteiger partial charge in [-0.05, 0) is 60.4 Å². The third kappa shape index (κ3) is 6.52. The van der Waals surface area contributed by atoms with Crippen molar-refractivity contribution >= 4 is 33.2 Å². The Bertz CT molecular complexity index is 1200. The number of benzene rings is 3. The van der Waals surface area contributed by atoms with E-state index in [0.29, 0.717) is 22.4 Å². The predicted molar refractivity (Wildman–Crippen MR) is 136 cm³/mol. The lowest BCUT2D eigenvalue weighted by Crippen LogP contribution is -2.42. The molecular weight excluding hydrogens is 472 g/mol. The van der Waals surface area contributed by atoms with E-state index in [2.05, 4.69) is 19.2 Å². The fraction of sp³-hybridized carbons (Fsp3) is 0.269. The molecule has 1 atom stereocenters. The summed E-state index contributed by atoms with van der Waals surface area (Å²) < 4.78 is 33.4. The SMILES string of the molecule is COc1ccc(S(=O)(=O)N(CC(=O)NC(CC(C)C)c2ccccc2)c2cccc(Cl)c2)cc1. The van der Waals surface area contributed by atoms with Crippen LogP contribution in [0.25, 0.3) is 0 Å². The first-order valence-corrected chi connectivity index (χ1v) is 12.8. The normalized spacial score (nSPS) is 12.3. The Balaban J connectivity index is 1.92. The summed E-state index contributed by atoms with van der Waals surface area (Å²) in [5, 5.41) is 3.39. The zero-order valence-corrected chi connectivity index (χ0v) is 21.0. The summed E-state index contributed by atoms with van der Waals surface area (Å²) in [6.45, 7) is 3.76. The van der Waals surface area contributed by atoms with E-state index < -0.39 is 22.5 Å². The molecule has 3 rings (SSSR count). The van der Waals surface area contributed by atoms with Crippen LogP contribution in [0.1, 0.15) is 31.9 Å². The van der Waals surface area contributed by atoms with Crippen molar-refractivity contribution in [2.24, 2.45) is 5.92 Å². The highest BCUT2D eigenvalue weighted by Crippen LogP contribution is 2.28. The number of rotatable bonds is 10. The van der Waals surface area contributed by atoms with Crippen LogP contribution in [0.4, 0.5) is 5.69 Å². The second kappa shape index (κ2) is 11.4. The van der Waals surface area contributed by atoms with Gasteiger partial charge in [0.1, 0.15) is 12.3 Å². The number of anilines is 1. The van der Waals surface area contributed by atoms with Gasteiger partial charge in [-0.3, -0.25) is 9.10 Å². The molecule has 3 aromatic rings. The number of amides is 1. The average Bonchev–Trinajstić information content (AvgIpc) is 2.82. The quantitative estimate of drug-likeness (QED) is 0.401. The second-order valence-corrected chi connectivity index (χ2v) is 10.6. The van der Waals surface area contributed by atoms with E-state index in [0.717, 1.165) is 16.3 Å². The molecule has 8 heteroatoms. The van der Waals surface area contributed by atoms with E-state index >= 15 is 0 Å². The van der Waals surface area contributed by atoms with Gasteiger partial charge in [-0.25, -0.2) is 8.42 Å². The molecule has 0 fully saturated rings. The van der Waals surface area contributed by atoms with Crippen LogP contribution < -0.4 is 14.4 Å². The van der Waals surface area contributed by atoms with Crippen molar-refractivity contribution in [3.8, 4) is 5.75 Å². The number of hydrogen-bond donors (Lipinski definition) is 1. The molecule has 0 spiro atoms. The number of nitrogens with one attached hydrogen (secondary N) is 1. The first-order chi connectivity index (χ1) is 16.2. The number of methoxy groups -OCH3 is 1. The lowest BCUT2D eigenvalue weighted by molar-refractivity contribution is -0.120. The Morgan fingerprint density at radius 2 is 1.68 bits per heavy atom. The highest BCUT2D eigenvalue weighted by Gasteiger charge is 2.28. The molecular formula is C26H29ClN2O4S. The monoisotopic (exact) mass is 500 g/mol. The fourth-order valence-corrected chi connectivity index (χ4v) is 5.22. The summed E-state index contributed by atoms with van der Waals surface area (Å²) in [5.74, 6) is 0.453. The van der Waals surface area contributed by atoms with Gasteiger partial charge in [0, 0.05) is 5.02 Å². The minimum Gasteiger partial charge on any atom is -0.497 e. The van der Waals surface area contributed by atoms with Crippen molar-refractivity contribution in [2.45, 2.75) is 31.2 Å². The van der Waals surface area contributed by atoms with E-state index in [4.69, 9.17) is 16.3 Å². The summed E-state index contributed by atoms with van der Waals surface area (Å²) in [6, 6.07) is 21.9. The zero-order valence-electron chi connectivity index (χ0n) is 19.4. The fourth-order valence-electron chi connectivity index (χ4n) is 3.63. The van der Waals surface area contributed by atoms with Crippen LogP contribution in [0.2, 0.25) is 5.02 Å². The summed E-state index contributed by atoms with van der Waals surface area (Å²) in [6.07, 6.45) is 0.720. The molecule has 180 valence electrons. The number of hydrogen-bond acceptors (Lipinski definition) is 4. The third-order valence-corrected chi connectivity index (χ3v) is 7.30. The minimum atomic E-state index is -4.06. The van der Waals surface area contributed by atoms with Gasteiger partial charge in [0.2, 0.25) is 5.91 Å². The van der Waals surface area contributed by atoms with Crippen molar-refractivity contribution in [3.05, 3.63) is 89.4 Å². The summed E-state index contributed by atoms with van der Waals surface area (Å²) in [7, 11) is -2.55. The predicted octanol–water partition coefficient (Wildman–Crippen LogP) is 5.45. The molecule has 0 aliphatic carbocycles. The molecule has 1 amide bonds. The standard InChI is InChI=1S/C26H29ClN2O4S/c1-19(2)16-25(20-8-5-4-6-9-20)28-26(30)18-29(22-11-7-10-21(27)17-22)34(31,32)24-14-12-23(33-3)13-15-24/h4-15,17,19,25H,16,18H2,1-3H3,(H,28,30). The van der Waals surface area contributed by atoms with Gasteiger partial charge < -0.3 is 10.1 Å².